The highest BCUT2D eigenvalue weighted by atomic mass is 16.4. The van der Waals surface area contributed by atoms with Crippen LogP contribution in [0.25, 0.3) is 0 Å². The van der Waals surface area contributed by atoms with Crippen molar-refractivity contribution < 1.29 is 20.1 Å². The maximum Gasteiger partial charge on any atom is 0.306 e. The Kier molecular flexibility index (Phi) is 27.6. The van der Waals surface area contributed by atoms with Gasteiger partial charge >= 0.3 is 5.97 Å². The minimum Gasteiger partial charge on any atom is -0.481 e. The van der Waals surface area contributed by atoms with E-state index in [0.29, 0.717) is 37.5 Å². The molecule has 268 valence electrons. The first-order valence-electron chi connectivity index (χ1n) is 19.6. The van der Waals surface area contributed by atoms with Crippen molar-refractivity contribution in [2.45, 2.75) is 208 Å². The number of carboxylic acids is 1. The molecular formula is C42H76O4. The van der Waals surface area contributed by atoms with Crippen molar-refractivity contribution in [1.29, 1.82) is 0 Å². The van der Waals surface area contributed by atoms with Gasteiger partial charge in [0.1, 0.15) is 0 Å². The van der Waals surface area contributed by atoms with E-state index < -0.39 is 23.4 Å². The molecule has 7 atom stereocenters. The molecule has 0 aliphatic heterocycles. The maximum absolute atomic E-state index is 11.9. The van der Waals surface area contributed by atoms with E-state index in [4.69, 9.17) is 0 Å². The number of aliphatic carboxylic acids is 1. The van der Waals surface area contributed by atoms with E-state index in [1.54, 1.807) is 6.92 Å². The number of unbranched alkanes of at least 4 members (excludes halogenated alkanes) is 12. The van der Waals surface area contributed by atoms with Gasteiger partial charge in [0.05, 0.1) is 23.5 Å². The molecule has 0 amide bonds. The van der Waals surface area contributed by atoms with E-state index in [2.05, 4.69) is 65.2 Å². The Morgan fingerprint density at radius 3 is 1.74 bits per heavy atom. The average molecular weight is 645 g/mol. The van der Waals surface area contributed by atoms with Crippen LogP contribution < -0.4 is 0 Å². The molecule has 0 aromatic heterocycles. The Morgan fingerprint density at radius 2 is 1.15 bits per heavy atom. The summed E-state index contributed by atoms with van der Waals surface area (Å²) in [6.07, 6.45) is 23.5. The molecule has 0 aliphatic rings. The zero-order chi connectivity index (χ0) is 34.6. The normalized spacial score (nSPS) is 16.5. The van der Waals surface area contributed by atoms with Crippen LogP contribution in [0.2, 0.25) is 0 Å². The van der Waals surface area contributed by atoms with E-state index in [0.717, 1.165) is 38.5 Å². The summed E-state index contributed by atoms with van der Waals surface area (Å²) in [6.45, 7) is 15.2. The first kappa shape index (κ1) is 44.5. The lowest BCUT2D eigenvalue weighted by molar-refractivity contribution is -0.141. The van der Waals surface area contributed by atoms with Gasteiger partial charge in [0.2, 0.25) is 0 Å². The van der Waals surface area contributed by atoms with Crippen molar-refractivity contribution in [3.63, 3.8) is 0 Å². The summed E-state index contributed by atoms with van der Waals surface area (Å²) in [5, 5.41) is 30.6. The average Bonchev–Trinajstić information content (AvgIpc) is 3.00. The fourth-order valence-electron chi connectivity index (χ4n) is 6.81. The molecule has 0 heterocycles. The zero-order valence-electron chi connectivity index (χ0n) is 31.5. The van der Waals surface area contributed by atoms with Crippen LogP contribution in [0, 0.1) is 52.8 Å². The Hall–Kier alpha value is -1.49. The van der Waals surface area contributed by atoms with Crippen LogP contribution in [0.1, 0.15) is 196 Å². The maximum atomic E-state index is 11.9. The molecule has 0 spiro atoms. The fraction of sp³-hybridized carbons (Fsp3) is 0.881. The van der Waals surface area contributed by atoms with Crippen molar-refractivity contribution >= 4 is 5.97 Å². The molecule has 0 radical (unpaired) electrons. The van der Waals surface area contributed by atoms with Gasteiger partial charge in [-0.3, -0.25) is 4.79 Å². The topological polar surface area (TPSA) is 77.8 Å². The smallest absolute Gasteiger partial charge is 0.306 e. The van der Waals surface area contributed by atoms with Crippen LogP contribution >= 0.6 is 0 Å². The summed E-state index contributed by atoms with van der Waals surface area (Å²) >= 11 is 0. The molecule has 0 aromatic carbocycles. The van der Waals surface area contributed by atoms with Crippen LogP contribution in [0.15, 0.2) is 0 Å². The Labute approximate surface area is 286 Å². The second-order valence-electron chi connectivity index (χ2n) is 14.9. The van der Waals surface area contributed by atoms with Gasteiger partial charge in [-0.2, -0.15) is 0 Å². The van der Waals surface area contributed by atoms with Crippen molar-refractivity contribution in [2.75, 3.05) is 0 Å². The van der Waals surface area contributed by atoms with Gasteiger partial charge < -0.3 is 15.3 Å². The summed E-state index contributed by atoms with van der Waals surface area (Å²) < 4.78 is 0. The molecule has 3 N–H and O–H groups in total. The van der Waals surface area contributed by atoms with Crippen LogP contribution in [0.4, 0.5) is 0 Å². The minimum atomic E-state index is -0.772. The highest BCUT2D eigenvalue weighted by molar-refractivity contribution is 5.69. The van der Waals surface area contributed by atoms with E-state index >= 15 is 0 Å². The third-order valence-corrected chi connectivity index (χ3v) is 9.82. The van der Waals surface area contributed by atoms with Gasteiger partial charge in [-0.25, -0.2) is 0 Å². The van der Waals surface area contributed by atoms with Gasteiger partial charge in [0.15, 0.2) is 0 Å². The molecule has 0 aromatic rings. The number of hydrogen-bond acceptors (Lipinski definition) is 3. The molecule has 46 heavy (non-hydrogen) atoms. The van der Waals surface area contributed by atoms with Crippen molar-refractivity contribution in [2.24, 2.45) is 29.1 Å². The van der Waals surface area contributed by atoms with Gasteiger partial charge in [0, 0.05) is 12.8 Å². The lowest BCUT2D eigenvalue weighted by atomic mass is 9.67. The van der Waals surface area contributed by atoms with Crippen molar-refractivity contribution in [1.82, 2.24) is 0 Å². The number of rotatable bonds is 28. The summed E-state index contributed by atoms with van der Waals surface area (Å²) in [6, 6.07) is 0. The van der Waals surface area contributed by atoms with Gasteiger partial charge in [-0.1, -0.05) is 156 Å². The van der Waals surface area contributed by atoms with Gasteiger partial charge in [-0.05, 0) is 62.7 Å². The van der Waals surface area contributed by atoms with Crippen molar-refractivity contribution in [3.8, 4) is 23.7 Å². The highest BCUT2D eigenvalue weighted by Gasteiger charge is 2.36. The molecule has 0 bridgehead atoms. The number of carbonyl (C=O) groups is 1. The third-order valence-electron chi connectivity index (χ3n) is 9.82. The van der Waals surface area contributed by atoms with Gasteiger partial charge in [0.25, 0.3) is 0 Å². The van der Waals surface area contributed by atoms with E-state index in [1.807, 2.05) is 0 Å². The van der Waals surface area contributed by atoms with Crippen LogP contribution in [0.3, 0.4) is 0 Å². The number of carboxylic acid groups (broad SMARTS) is 1. The Bertz CT molecular complexity index is 860. The van der Waals surface area contributed by atoms with Crippen molar-refractivity contribution in [3.05, 3.63) is 0 Å². The van der Waals surface area contributed by atoms with Crippen LogP contribution in [-0.2, 0) is 4.79 Å². The monoisotopic (exact) mass is 645 g/mol. The molecule has 4 heteroatoms. The molecular weight excluding hydrogens is 568 g/mol. The highest BCUT2D eigenvalue weighted by Crippen LogP contribution is 2.40. The first-order chi connectivity index (χ1) is 22.0. The minimum absolute atomic E-state index is 0.00690. The second-order valence-corrected chi connectivity index (χ2v) is 14.9. The molecule has 0 rings (SSSR count). The van der Waals surface area contributed by atoms with E-state index in [-0.39, 0.29) is 12.0 Å². The molecule has 7 unspecified atom stereocenters. The summed E-state index contributed by atoms with van der Waals surface area (Å²) in [5.74, 6) is 13.9. The number of hydrogen-bond donors (Lipinski definition) is 3. The van der Waals surface area contributed by atoms with E-state index in [9.17, 15) is 20.1 Å². The largest absolute Gasteiger partial charge is 0.481 e. The summed E-state index contributed by atoms with van der Waals surface area (Å²) in [4.78, 5) is 11.9. The second kappa shape index (κ2) is 28.5. The molecule has 0 saturated heterocycles. The standard InChI is InChI=1S/C42H76O4/c1-8-11-13-15-17-19-21-23-30-42(38(7)33-37(6)41(45)46,31-24-27-40(44)29-28-39(43)25-10-3)34-36(5)32-35(4)26-22-20-18-16-14-12-9-2/h35-40,43-44H,8-22,25-29,32-34H2,1-7H3,(H,45,46). The molecule has 4 nitrogen and oxygen atoms in total. The lowest BCUT2D eigenvalue weighted by Crippen LogP contribution is -2.31. The van der Waals surface area contributed by atoms with Gasteiger partial charge in [-0.15, -0.1) is 5.92 Å². The lowest BCUT2D eigenvalue weighted by Gasteiger charge is -2.34. The molecule has 0 fully saturated rings. The SMILES string of the molecule is CCCCCCCCC#CC(C#CCC(O)CCC(O)CCC)(CC(C)CC(C)CCCCCCCCC)C(C)CC(C)C(=O)O. The Balaban J connectivity index is 5.83. The summed E-state index contributed by atoms with van der Waals surface area (Å²) in [5.41, 5.74) is -0.605. The Morgan fingerprint density at radius 1 is 0.609 bits per heavy atom. The summed E-state index contributed by atoms with van der Waals surface area (Å²) in [7, 11) is 0. The zero-order valence-corrected chi connectivity index (χ0v) is 31.5. The molecule has 0 saturated carbocycles. The number of aliphatic hydroxyl groups excluding tert-OH is 2. The molecule has 0 aliphatic carbocycles. The van der Waals surface area contributed by atoms with Crippen LogP contribution in [0.5, 0.6) is 0 Å². The third kappa shape index (κ3) is 22.9. The predicted molar refractivity (Wildman–Crippen MR) is 198 cm³/mol. The number of aliphatic hydroxyl groups is 2. The first-order valence-corrected chi connectivity index (χ1v) is 19.6. The fourth-order valence-corrected chi connectivity index (χ4v) is 6.81. The quantitative estimate of drug-likeness (QED) is 0.0585. The predicted octanol–water partition coefficient (Wildman–Crippen LogP) is 11.4. The van der Waals surface area contributed by atoms with Crippen LogP contribution in [-0.4, -0.2) is 33.5 Å². The van der Waals surface area contributed by atoms with E-state index in [1.165, 1.54) is 83.5 Å².